The highest BCUT2D eigenvalue weighted by Crippen LogP contribution is 2.18. The molecule has 1 atom stereocenters. The number of hydrogen-bond acceptors (Lipinski definition) is 7. The van der Waals surface area contributed by atoms with Crippen LogP contribution in [0, 0.1) is 10.1 Å². The van der Waals surface area contributed by atoms with Gasteiger partial charge in [0.25, 0.3) is 0 Å². The molecule has 1 unspecified atom stereocenters. The zero-order valence-electron chi connectivity index (χ0n) is 8.75. The van der Waals surface area contributed by atoms with E-state index >= 15 is 0 Å². The zero-order valence-corrected chi connectivity index (χ0v) is 8.75. The van der Waals surface area contributed by atoms with Gasteiger partial charge in [-0.2, -0.15) is 4.98 Å². The van der Waals surface area contributed by atoms with Gasteiger partial charge < -0.3 is 16.2 Å². The van der Waals surface area contributed by atoms with E-state index in [1.54, 1.807) is 0 Å². The van der Waals surface area contributed by atoms with Crippen molar-refractivity contribution in [2.24, 2.45) is 0 Å². The topological polar surface area (TPSA) is 127 Å². The van der Waals surface area contributed by atoms with Crippen molar-refractivity contribution < 1.29 is 10.0 Å². The maximum absolute atomic E-state index is 10.5. The lowest BCUT2D eigenvalue weighted by Gasteiger charge is -2.13. The van der Waals surface area contributed by atoms with Gasteiger partial charge in [-0.3, -0.25) is 10.1 Å². The Kier molecular flexibility index (Phi) is 3.95. The van der Waals surface area contributed by atoms with E-state index < -0.39 is 4.92 Å². The molecule has 0 aromatic carbocycles. The molecule has 8 nitrogen and oxygen atoms in total. The Morgan fingerprint density at radius 2 is 2.44 bits per heavy atom. The number of nitrogens with two attached hydrogens (primary N) is 1. The third kappa shape index (κ3) is 2.76. The fourth-order valence-electron chi connectivity index (χ4n) is 1.06. The van der Waals surface area contributed by atoms with Crippen molar-refractivity contribution in [3.8, 4) is 0 Å². The van der Waals surface area contributed by atoms with Crippen LogP contribution in [0.15, 0.2) is 6.20 Å². The predicted octanol–water partition coefficient (Wildman–Crippen LogP) is 0.150. The summed E-state index contributed by atoms with van der Waals surface area (Å²) >= 11 is 0. The van der Waals surface area contributed by atoms with Gasteiger partial charge in [-0.15, -0.1) is 0 Å². The molecular formula is C8H13N5O3. The van der Waals surface area contributed by atoms with Gasteiger partial charge in [0.05, 0.1) is 17.6 Å². The Balaban J connectivity index is 2.84. The average Bonchev–Trinajstić information content (AvgIpc) is 2.25. The van der Waals surface area contributed by atoms with Crippen molar-refractivity contribution in [2.45, 2.75) is 19.4 Å². The number of hydrogen-bond donors (Lipinski definition) is 3. The summed E-state index contributed by atoms with van der Waals surface area (Å²) in [5.74, 6) is -0.0284. The number of rotatable bonds is 5. The minimum absolute atomic E-state index is 0.0727. The normalized spacial score (nSPS) is 12.1. The molecule has 0 amide bonds. The largest absolute Gasteiger partial charge is 0.394 e. The van der Waals surface area contributed by atoms with Crippen LogP contribution < -0.4 is 11.1 Å². The number of aliphatic hydroxyl groups excluding tert-OH is 1. The van der Waals surface area contributed by atoms with Crippen molar-refractivity contribution >= 4 is 17.5 Å². The second-order valence-electron chi connectivity index (χ2n) is 3.15. The first-order valence-corrected chi connectivity index (χ1v) is 4.72. The highest BCUT2D eigenvalue weighted by Gasteiger charge is 2.15. The first kappa shape index (κ1) is 12.1. The Labute approximate surface area is 91.7 Å². The molecule has 1 heterocycles. The Morgan fingerprint density at radius 3 is 2.88 bits per heavy atom. The molecule has 0 saturated heterocycles. The zero-order chi connectivity index (χ0) is 12.1. The fourth-order valence-corrected chi connectivity index (χ4v) is 1.06. The van der Waals surface area contributed by atoms with Crippen LogP contribution >= 0.6 is 0 Å². The Bertz CT molecular complexity index is 380. The average molecular weight is 227 g/mol. The van der Waals surface area contributed by atoms with Crippen molar-refractivity contribution in [1.29, 1.82) is 0 Å². The summed E-state index contributed by atoms with van der Waals surface area (Å²) in [5.41, 5.74) is 5.05. The molecule has 1 aromatic heterocycles. The highest BCUT2D eigenvalue weighted by atomic mass is 16.6. The van der Waals surface area contributed by atoms with Crippen LogP contribution in [-0.2, 0) is 0 Å². The molecule has 88 valence electrons. The van der Waals surface area contributed by atoms with Crippen LogP contribution in [0.3, 0.4) is 0 Å². The van der Waals surface area contributed by atoms with Gasteiger partial charge in [0.1, 0.15) is 6.20 Å². The molecule has 0 aliphatic rings. The summed E-state index contributed by atoms with van der Waals surface area (Å²) in [4.78, 5) is 17.3. The molecule has 0 saturated carbocycles. The van der Waals surface area contributed by atoms with Crippen molar-refractivity contribution in [1.82, 2.24) is 9.97 Å². The first-order valence-electron chi connectivity index (χ1n) is 4.72. The van der Waals surface area contributed by atoms with E-state index in [9.17, 15) is 10.1 Å². The van der Waals surface area contributed by atoms with E-state index in [1.807, 2.05) is 6.92 Å². The van der Waals surface area contributed by atoms with Gasteiger partial charge in [0, 0.05) is 0 Å². The minimum Gasteiger partial charge on any atom is -0.394 e. The quantitative estimate of drug-likeness (QED) is 0.482. The fraction of sp³-hybridized carbons (Fsp3) is 0.500. The Hall–Kier alpha value is -1.96. The molecule has 0 spiro atoms. The molecule has 4 N–H and O–H groups in total. The van der Waals surface area contributed by atoms with E-state index in [-0.39, 0.29) is 30.1 Å². The molecule has 0 aliphatic carbocycles. The summed E-state index contributed by atoms with van der Waals surface area (Å²) in [6.45, 7) is 1.80. The van der Waals surface area contributed by atoms with Crippen LogP contribution in [0.2, 0.25) is 0 Å². The second-order valence-corrected chi connectivity index (χ2v) is 3.15. The lowest BCUT2D eigenvalue weighted by Crippen LogP contribution is -2.24. The van der Waals surface area contributed by atoms with Gasteiger partial charge in [-0.25, -0.2) is 4.98 Å². The number of aliphatic hydroxyl groups is 1. The van der Waals surface area contributed by atoms with E-state index in [0.29, 0.717) is 6.42 Å². The molecule has 0 fully saturated rings. The van der Waals surface area contributed by atoms with Crippen molar-refractivity contribution in [2.75, 3.05) is 17.7 Å². The van der Waals surface area contributed by atoms with Gasteiger partial charge in [0.15, 0.2) is 0 Å². The second kappa shape index (κ2) is 5.21. The first-order chi connectivity index (χ1) is 7.58. The lowest BCUT2D eigenvalue weighted by molar-refractivity contribution is -0.384. The maximum atomic E-state index is 10.5. The van der Waals surface area contributed by atoms with Gasteiger partial charge in [-0.05, 0) is 6.42 Å². The maximum Gasteiger partial charge on any atom is 0.329 e. The molecule has 8 heteroatoms. The van der Waals surface area contributed by atoms with Gasteiger partial charge in [-0.1, -0.05) is 6.92 Å². The number of nitrogen functional groups attached to an aromatic ring is 1. The van der Waals surface area contributed by atoms with Crippen LogP contribution in [0.25, 0.3) is 0 Å². The van der Waals surface area contributed by atoms with Crippen LogP contribution in [-0.4, -0.2) is 32.6 Å². The van der Waals surface area contributed by atoms with E-state index in [2.05, 4.69) is 15.3 Å². The van der Waals surface area contributed by atoms with E-state index in [0.717, 1.165) is 6.20 Å². The van der Waals surface area contributed by atoms with Crippen LogP contribution in [0.1, 0.15) is 13.3 Å². The summed E-state index contributed by atoms with van der Waals surface area (Å²) in [6, 6.07) is -0.194. The molecule has 0 aliphatic heterocycles. The molecule has 1 rings (SSSR count). The summed E-state index contributed by atoms with van der Waals surface area (Å²) in [7, 11) is 0. The van der Waals surface area contributed by atoms with E-state index in [4.69, 9.17) is 10.8 Å². The number of nitrogens with zero attached hydrogens (tertiary/aromatic N) is 3. The minimum atomic E-state index is -0.650. The third-order valence-electron chi connectivity index (χ3n) is 2.04. The summed E-state index contributed by atoms with van der Waals surface area (Å²) in [5, 5.41) is 22.2. The number of aromatic nitrogens is 2. The molecule has 0 bridgehead atoms. The standard InChI is InChI=1S/C8H13N5O3/c1-2-5(4-14)11-8-10-3-6(13(15)16)7(9)12-8/h3,5,14H,2,4H2,1H3,(H3,9,10,11,12). The SMILES string of the molecule is CCC(CO)Nc1ncc([N+](=O)[O-])c(N)n1. The highest BCUT2D eigenvalue weighted by molar-refractivity contribution is 5.53. The van der Waals surface area contributed by atoms with Crippen molar-refractivity contribution in [3.63, 3.8) is 0 Å². The molecule has 0 radical (unpaired) electrons. The van der Waals surface area contributed by atoms with E-state index in [1.165, 1.54) is 0 Å². The van der Waals surface area contributed by atoms with Crippen LogP contribution in [0.5, 0.6) is 0 Å². The molecule has 16 heavy (non-hydrogen) atoms. The van der Waals surface area contributed by atoms with Gasteiger partial charge >= 0.3 is 5.69 Å². The number of anilines is 2. The monoisotopic (exact) mass is 227 g/mol. The smallest absolute Gasteiger partial charge is 0.329 e. The molecule has 1 aromatic rings. The summed E-state index contributed by atoms with van der Waals surface area (Å²) in [6.07, 6.45) is 1.71. The molecular weight excluding hydrogens is 214 g/mol. The van der Waals surface area contributed by atoms with Crippen molar-refractivity contribution in [3.05, 3.63) is 16.3 Å². The summed E-state index contributed by atoms with van der Waals surface area (Å²) < 4.78 is 0. The number of nitrogens with one attached hydrogen (secondary N) is 1. The Morgan fingerprint density at radius 1 is 1.75 bits per heavy atom. The van der Waals surface area contributed by atoms with Crippen LogP contribution in [0.4, 0.5) is 17.5 Å². The predicted molar refractivity (Wildman–Crippen MR) is 57.9 cm³/mol. The lowest BCUT2D eigenvalue weighted by atomic mass is 10.2. The third-order valence-corrected chi connectivity index (χ3v) is 2.04. The number of nitro groups is 1. The van der Waals surface area contributed by atoms with Gasteiger partial charge in [0.2, 0.25) is 11.8 Å².